The van der Waals surface area contributed by atoms with E-state index in [-0.39, 0.29) is 84.1 Å². The van der Waals surface area contributed by atoms with Crippen LogP contribution in [0, 0.1) is 47.6 Å². The molecule has 0 saturated carbocycles. The van der Waals surface area contributed by atoms with E-state index in [4.69, 9.17) is 0 Å². The maximum atomic E-state index is 13.3. The molecule has 0 N–H and O–H groups in total. The molecule has 2 fully saturated rings. The third-order valence-electron chi connectivity index (χ3n) is 7.02. The quantitative estimate of drug-likeness (QED) is 0.142. The number of rotatable bonds is 8. The molecule has 0 spiro atoms. The summed E-state index contributed by atoms with van der Waals surface area (Å²) < 4.78 is 51.8. The fourth-order valence-electron chi connectivity index (χ4n) is 4.61. The van der Waals surface area contributed by atoms with Gasteiger partial charge < -0.3 is 0 Å². The first-order valence-electron chi connectivity index (χ1n) is 15.0. The first-order chi connectivity index (χ1) is 22.2. The summed E-state index contributed by atoms with van der Waals surface area (Å²) in [6.45, 7) is 0.572. The van der Waals surface area contributed by atoms with E-state index < -0.39 is 23.3 Å². The number of likely N-dealkylation sites (tertiary alicyclic amines) is 2. The molecule has 0 unspecified atom stereocenters. The largest absolute Gasteiger partial charge is 4.00 e. The summed E-state index contributed by atoms with van der Waals surface area (Å²) in [5.41, 5.74) is 0.686. The molecule has 4 aliphatic rings. The number of aryl methyl sites for hydroxylation is 2. The van der Waals surface area contributed by atoms with Crippen molar-refractivity contribution in [1.82, 2.24) is 9.80 Å². The Balaban J connectivity index is 0.000000248. The number of hydrogen-bond donors (Lipinski definition) is 0. The van der Waals surface area contributed by atoms with Crippen molar-refractivity contribution in [2.75, 3.05) is 13.1 Å². The minimum absolute atomic E-state index is 0. The Morgan fingerprint density at radius 2 is 0.936 bits per heavy atom. The molecule has 2 saturated heterocycles. The number of amides is 4. The van der Waals surface area contributed by atoms with Crippen LogP contribution in [-0.4, -0.2) is 46.5 Å². The first kappa shape index (κ1) is 39.3. The van der Waals surface area contributed by atoms with Gasteiger partial charge in [0.15, 0.2) is 0 Å². The van der Waals surface area contributed by atoms with Gasteiger partial charge in [-0.25, -0.2) is 41.9 Å². The van der Waals surface area contributed by atoms with E-state index in [0.717, 1.165) is 25.0 Å². The summed E-state index contributed by atoms with van der Waals surface area (Å²) in [4.78, 5) is 47.7. The molecule has 0 atom stereocenters. The van der Waals surface area contributed by atoms with Crippen molar-refractivity contribution < 1.29 is 58.5 Å². The van der Waals surface area contributed by atoms with E-state index in [1.165, 1.54) is 21.9 Å². The summed E-state index contributed by atoms with van der Waals surface area (Å²) in [6.07, 6.45) is 22.7. The summed E-state index contributed by atoms with van der Waals surface area (Å²) in [6, 6.07) is 8.91. The van der Waals surface area contributed by atoms with Gasteiger partial charge in [-0.3, -0.25) is 41.1 Å². The Labute approximate surface area is 287 Å². The Kier molecular flexibility index (Phi) is 17.6. The average Bonchev–Trinajstić information content (AvgIpc) is 3.87. The van der Waals surface area contributed by atoms with Crippen molar-refractivity contribution in [3.8, 4) is 0 Å². The van der Waals surface area contributed by atoms with Gasteiger partial charge in [-0.15, -0.1) is 48.2 Å². The molecule has 6 nitrogen and oxygen atoms in total. The minimum atomic E-state index is -0.735. The minimum Gasteiger partial charge on any atom is -0.283 e. The standard InChI is InChI=1S/2C13H12F2NO2.2C5H5.Ti/c2*14-10-4-3-9(11(15)8-10)2-1-7-16-12(17)5-6-13(16)18;2*1-2-4-5-3-1;/h2*3-4H,1-2,5-7H2;2*1-3H,4H2;/q4*-1;+4. The summed E-state index contributed by atoms with van der Waals surface area (Å²) in [5, 5.41) is 0. The van der Waals surface area contributed by atoms with Gasteiger partial charge >= 0.3 is 21.7 Å². The van der Waals surface area contributed by atoms with Crippen LogP contribution < -0.4 is 0 Å². The fraction of sp³-hybridized carbons (Fsp3) is 0.333. The number of imide groups is 2. The second kappa shape index (κ2) is 21.1. The predicted octanol–water partition coefficient (Wildman–Crippen LogP) is 6.30. The monoisotopic (exact) mass is 682 g/mol. The van der Waals surface area contributed by atoms with Crippen molar-refractivity contribution in [2.45, 2.75) is 64.2 Å². The second-order valence-corrected chi connectivity index (χ2v) is 10.4. The zero-order valence-electron chi connectivity index (χ0n) is 25.8. The molecule has 244 valence electrons. The van der Waals surface area contributed by atoms with Crippen LogP contribution in [0.4, 0.5) is 17.6 Å². The van der Waals surface area contributed by atoms with Gasteiger partial charge in [0.05, 0.1) is 0 Å². The smallest absolute Gasteiger partial charge is 0.283 e. The molecule has 0 radical (unpaired) electrons. The molecule has 2 aliphatic carbocycles. The van der Waals surface area contributed by atoms with Crippen LogP contribution in [0.25, 0.3) is 0 Å². The van der Waals surface area contributed by atoms with Crippen LogP contribution in [0.5, 0.6) is 0 Å². The van der Waals surface area contributed by atoms with Crippen LogP contribution in [-0.2, 0) is 53.7 Å². The zero-order chi connectivity index (χ0) is 33.3. The molecule has 4 amide bonds. The average molecular weight is 683 g/mol. The Morgan fingerprint density at radius 1 is 0.574 bits per heavy atom. The van der Waals surface area contributed by atoms with Crippen molar-refractivity contribution in [3.05, 3.63) is 119 Å². The number of hydrogen-bond acceptors (Lipinski definition) is 4. The molecule has 0 bridgehead atoms. The maximum Gasteiger partial charge on any atom is 4.00 e. The van der Waals surface area contributed by atoms with Crippen LogP contribution in [0.1, 0.15) is 62.5 Å². The molecule has 2 aromatic carbocycles. The predicted molar refractivity (Wildman–Crippen MR) is 162 cm³/mol. The molecule has 47 heavy (non-hydrogen) atoms. The maximum absolute atomic E-state index is 13.3. The van der Waals surface area contributed by atoms with E-state index in [9.17, 15) is 36.7 Å². The number of nitrogens with zero attached hydrogens (tertiary/aromatic N) is 2. The van der Waals surface area contributed by atoms with Gasteiger partial charge in [0.1, 0.15) is 0 Å². The van der Waals surface area contributed by atoms with Crippen molar-refractivity contribution in [2.24, 2.45) is 0 Å². The topological polar surface area (TPSA) is 74.8 Å². The van der Waals surface area contributed by atoms with Crippen molar-refractivity contribution >= 4 is 23.6 Å². The van der Waals surface area contributed by atoms with E-state index in [0.29, 0.717) is 36.8 Å². The number of allylic oxidation sites excluding steroid dienone is 8. The number of carbonyl (C=O) groups is 4. The Hall–Kier alpha value is -3.89. The summed E-state index contributed by atoms with van der Waals surface area (Å²) in [7, 11) is 0. The van der Waals surface area contributed by atoms with Crippen LogP contribution >= 0.6 is 0 Å². The van der Waals surface area contributed by atoms with E-state index in [2.05, 4.69) is 24.3 Å². The molecular weight excluding hydrogens is 648 g/mol. The van der Waals surface area contributed by atoms with Gasteiger partial charge in [-0.05, 0) is 12.8 Å². The van der Waals surface area contributed by atoms with E-state index in [1.807, 2.05) is 36.4 Å². The van der Waals surface area contributed by atoms with Gasteiger partial charge in [-0.2, -0.15) is 24.3 Å². The van der Waals surface area contributed by atoms with Gasteiger partial charge in [-0.1, -0.05) is 12.8 Å². The fourth-order valence-corrected chi connectivity index (χ4v) is 4.61. The van der Waals surface area contributed by atoms with Crippen LogP contribution in [0.15, 0.2) is 60.7 Å². The molecule has 2 heterocycles. The van der Waals surface area contributed by atoms with Gasteiger partial charge in [0, 0.05) is 62.0 Å². The Morgan fingerprint density at radius 3 is 1.19 bits per heavy atom. The first-order valence-corrected chi connectivity index (χ1v) is 15.0. The summed E-state index contributed by atoms with van der Waals surface area (Å²) >= 11 is 0. The number of halogens is 4. The molecule has 6 rings (SSSR count). The van der Waals surface area contributed by atoms with Gasteiger partial charge in [0.25, 0.3) is 0 Å². The van der Waals surface area contributed by atoms with Crippen LogP contribution in [0.2, 0.25) is 0 Å². The van der Waals surface area contributed by atoms with Crippen molar-refractivity contribution in [1.29, 1.82) is 0 Å². The Bertz CT molecular complexity index is 1340. The van der Waals surface area contributed by atoms with Crippen LogP contribution in [0.3, 0.4) is 0 Å². The van der Waals surface area contributed by atoms with Crippen molar-refractivity contribution in [3.63, 3.8) is 0 Å². The molecular formula is C36H34F4N2O4Ti. The zero-order valence-corrected chi connectivity index (χ0v) is 27.4. The van der Waals surface area contributed by atoms with Gasteiger partial charge in [0.2, 0.25) is 23.6 Å². The third-order valence-corrected chi connectivity index (χ3v) is 7.02. The second-order valence-electron chi connectivity index (χ2n) is 10.4. The summed E-state index contributed by atoms with van der Waals surface area (Å²) in [5.74, 6) is -3.60. The van der Waals surface area contributed by atoms with E-state index >= 15 is 0 Å². The third kappa shape index (κ3) is 13.8. The molecule has 2 aromatic rings. The van der Waals surface area contributed by atoms with E-state index in [1.54, 1.807) is 0 Å². The molecule has 0 aromatic heterocycles. The SMILES string of the molecule is O=C1CCC(=O)N1CCCc1ccc(F)[c-]c1F.O=C1CCC(=O)N1CCCc1ccc(F)[c-]c1F.[C-]1=CC=CC1.[C-]1=CC=CC1.[Ti+4]. The normalized spacial score (nSPS) is 15.7. The number of benzene rings is 2. The number of carbonyl (C=O) groups excluding carboxylic acids is 4. The molecule has 2 aliphatic heterocycles. The molecule has 11 heteroatoms.